The highest BCUT2D eigenvalue weighted by Gasteiger charge is 2.27. The van der Waals surface area contributed by atoms with Crippen LogP contribution in [0.25, 0.3) is 0 Å². The average Bonchev–Trinajstić information content (AvgIpc) is 2.78. The normalized spacial score (nSPS) is 18.0. The fourth-order valence-corrected chi connectivity index (χ4v) is 4.52. The predicted molar refractivity (Wildman–Crippen MR) is 114 cm³/mol. The number of piperidine rings is 1. The van der Waals surface area contributed by atoms with Crippen molar-refractivity contribution in [3.63, 3.8) is 0 Å². The third kappa shape index (κ3) is 5.37. The molecule has 2 fully saturated rings. The minimum atomic E-state index is -0.0561. The molecule has 3 rings (SSSR count). The Morgan fingerprint density at radius 3 is 2.07 bits per heavy atom. The van der Waals surface area contributed by atoms with Crippen molar-refractivity contribution in [3.8, 4) is 17.2 Å². The van der Waals surface area contributed by atoms with E-state index >= 15 is 0 Å². The van der Waals surface area contributed by atoms with Crippen LogP contribution in [0.5, 0.6) is 17.2 Å². The van der Waals surface area contributed by atoms with Crippen molar-refractivity contribution in [2.24, 2.45) is 5.92 Å². The van der Waals surface area contributed by atoms with Gasteiger partial charge in [-0.05, 0) is 43.7 Å². The first kappa shape index (κ1) is 22.2. The molecule has 7 heteroatoms. The maximum atomic E-state index is 13.0. The zero-order valence-corrected chi connectivity index (χ0v) is 18.4. The summed E-state index contributed by atoms with van der Waals surface area (Å²) < 4.78 is 16.1. The SMILES string of the molecule is COc1cc(C(=O)N2CCC(CC(=O)NC3CCCCC3)CC2)cc(OC)c1OC. The third-order valence-electron chi connectivity index (χ3n) is 6.26. The lowest BCUT2D eigenvalue weighted by molar-refractivity contribution is -0.123. The molecule has 1 saturated heterocycles. The van der Waals surface area contributed by atoms with E-state index in [2.05, 4.69) is 5.32 Å². The number of amides is 2. The number of carbonyl (C=O) groups is 2. The Bertz CT molecular complexity index is 712. The molecule has 0 atom stereocenters. The van der Waals surface area contributed by atoms with Crippen molar-refractivity contribution in [2.45, 2.75) is 57.4 Å². The van der Waals surface area contributed by atoms with Crippen LogP contribution < -0.4 is 19.5 Å². The van der Waals surface area contributed by atoms with Crippen molar-refractivity contribution in [3.05, 3.63) is 17.7 Å². The molecule has 1 aliphatic carbocycles. The topological polar surface area (TPSA) is 77.1 Å². The Morgan fingerprint density at radius 1 is 0.933 bits per heavy atom. The molecule has 1 aromatic carbocycles. The minimum Gasteiger partial charge on any atom is -0.493 e. The molecule has 7 nitrogen and oxygen atoms in total. The van der Waals surface area contributed by atoms with Crippen molar-refractivity contribution in [1.29, 1.82) is 0 Å². The van der Waals surface area contributed by atoms with Gasteiger partial charge in [-0.15, -0.1) is 0 Å². The van der Waals surface area contributed by atoms with Crippen LogP contribution in [0.3, 0.4) is 0 Å². The lowest BCUT2D eigenvalue weighted by atomic mass is 9.91. The number of methoxy groups -OCH3 is 3. The standard InChI is InChI=1S/C23H34N2O5/c1-28-19-14-17(15-20(29-2)22(19)30-3)23(27)25-11-9-16(10-12-25)13-21(26)24-18-7-5-4-6-8-18/h14-16,18H,4-13H2,1-3H3,(H,24,26). The Hall–Kier alpha value is -2.44. The van der Waals surface area contributed by atoms with Gasteiger partial charge in [0, 0.05) is 31.1 Å². The maximum absolute atomic E-state index is 13.0. The van der Waals surface area contributed by atoms with Crippen LogP contribution in [0.15, 0.2) is 12.1 Å². The van der Waals surface area contributed by atoms with Crippen LogP contribution in [0.2, 0.25) is 0 Å². The Labute approximate surface area is 179 Å². The number of ether oxygens (including phenoxy) is 3. The molecule has 1 aromatic rings. The highest BCUT2D eigenvalue weighted by atomic mass is 16.5. The molecule has 0 aromatic heterocycles. The maximum Gasteiger partial charge on any atom is 0.254 e. The smallest absolute Gasteiger partial charge is 0.254 e. The molecule has 1 aliphatic heterocycles. The molecule has 0 unspecified atom stereocenters. The zero-order valence-electron chi connectivity index (χ0n) is 18.4. The number of rotatable bonds is 7. The van der Waals surface area contributed by atoms with Crippen molar-refractivity contribution in [2.75, 3.05) is 34.4 Å². The van der Waals surface area contributed by atoms with E-state index in [0.29, 0.717) is 54.3 Å². The second-order valence-electron chi connectivity index (χ2n) is 8.26. The van der Waals surface area contributed by atoms with Gasteiger partial charge in [0.2, 0.25) is 11.7 Å². The largest absolute Gasteiger partial charge is 0.493 e. The van der Waals surface area contributed by atoms with Crippen LogP contribution in [0.1, 0.15) is 61.7 Å². The second-order valence-corrected chi connectivity index (χ2v) is 8.26. The molecule has 1 saturated carbocycles. The first-order valence-electron chi connectivity index (χ1n) is 10.9. The number of nitrogens with zero attached hydrogens (tertiary/aromatic N) is 1. The van der Waals surface area contributed by atoms with Gasteiger partial charge in [0.05, 0.1) is 21.3 Å². The summed E-state index contributed by atoms with van der Waals surface area (Å²) in [6.45, 7) is 1.30. The monoisotopic (exact) mass is 418 g/mol. The van der Waals surface area contributed by atoms with E-state index in [9.17, 15) is 9.59 Å². The van der Waals surface area contributed by atoms with Crippen LogP contribution >= 0.6 is 0 Å². The molecule has 0 bridgehead atoms. The molecular weight excluding hydrogens is 384 g/mol. The first-order valence-corrected chi connectivity index (χ1v) is 10.9. The van der Waals surface area contributed by atoms with Gasteiger partial charge in [-0.1, -0.05) is 19.3 Å². The summed E-state index contributed by atoms with van der Waals surface area (Å²) in [5, 5.41) is 3.20. The number of likely N-dealkylation sites (tertiary alicyclic amines) is 1. The Kier molecular flexibility index (Phi) is 7.82. The quantitative estimate of drug-likeness (QED) is 0.734. The minimum absolute atomic E-state index is 0.0561. The van der Waals surface area contributed by atoms with Gasteiger partial charge in [-0.2, -0.15) is 0 Å². The van der Waals surface area contributed by atoms with Crippen molar-refractivity contribution in [1.82, 2.24) is 10.2 Å². The van der Waals surface area contributed by atoms with Crippen LogP contribution in [0.4, 0.5) is 0 Å². The van der Waals surface area contributed by atoms with Crippen molar-refractivity contribution < 1.29 is 23.8 Å². The summed E-state index contributed by atoms with van der Waals surface area (Å²) in [5.74, 6) is 1.84. The molecule has 166 valence electrons. The molecule has 1 N–H and O–H groups in total. The van der Waals surface area contributed by atoms with E-state index < -0.39 is 0 Å². The van der Waals surface area contributed by atoms with Gasteiger partial charge in [0.15, 0.2) is 11.5 Å². The highest BCUT2D eigenvalue weighted by Crippen LogP contribution is 2.38. The van der Waals surface area contributed by atoms with E-state index in [-0.39, 0.29) is 11.8 Å². The third-order valence-corrected chi connectivity index (χ3v) is 6.26. The predicted octanol–water partition coefficient (Wildman–Crippen LogP) is 3.40. The van der Waals surface area contributed by atoms with Gasteiger partial charge in [-0.3, -0.25) is 9.59 Å². The fourth-order valence-electron chi connectivity index (χ4n) is 4.52. The van der Waals surface area contributed by atoms with E-state index in [1.54, 1.807) is 12.1 Å². The number of nitrogens with one attached hydrogen (secondary N) is 1. The number of benzene rings is 1. The Balaban J connectivity index is 1.54. The lowest BCUT2D eigenvalue weighted by Crippen LogP contribution is -2.41. The van der Waals surface area contributed by atoms with E-state index in [1.165, 1.54) is 40.6 Å². The number of carbonyl (C=O) groups excluding carboxylic acids is 2. The molecule has 0 radical (unpaired) electrons. The van der Waals surface area contributed by atoms with Gasteiger partial charge >= 0.3 is 0 Å². The summed E-state index contributed by atoms with van der Waals surface area (Å²) in [5.41, 5.74) is 0.512. The van der Waals surface area contributed by atoms with E-state index in [0.717, 1.165) is 25.7 Å². The van der Waals surface area contributed by atoms with Crippen LogP contribution in [-0.2, 0) is 4.79 Å². The highest BCUT2D eigenvalue weighted by molar-refractivity contribution is 5.95. The van der Waals surface area contributed by atoms with Gasteiger partial charge in [-0.25, -0.2) is 0 Å². The summed E-state index contributed by atoms with van der Waals surface area (Å²) in [4.78, 5) is 27.3. The summed E-state index contributed by atoms with van der Waals surface area (Å²) >= 11 is 0. The number of hydrogen-bond donors (Lipinski definition) is 1. The van der Waals surface area contributed by atoms with E-state index in [4.69, 9.17) is 14.2 Å². The summed E-state index contributed by atoms with van der Waals surface area (Å²) in [6, 6.07) is 3.73. The van der Waals surface area contributed by atoms with Crippen LogP contribution in [-0.4, -0.2) is 57.2 Å². The van der Waals surface area contributed by atoms with Gasteiger partial charge in [0.25, 0.3) is 5.91 Å². The lowest BCUT2D eigenvalue weighted by Gasteiger charge is -2.32. The van der Waals surface area contributed by atoms with Crippen LogP contribution in [0, 0.1) is 5.92 Å². The second kappa shape index (κ2) is 10.5. The molecule has 2 aliphatic rings. The molecule has 1 heterocycles. The summed E-state index contributed by atoms with van der Waals surface area (Å²) in [7, 11) is 4.61. The fraction of sp³-hybridized carbons (Fsp3) is 0.652. The average molecular weight is 419 g/mol. The zero-order chi connectivity index (χ0) is 21.5. The Morgan fingerprint density at radius 2 is 1.53 bits per heavy atom. The van der Waals surface area contributed by atoms with Gasteiger partial charge in [0.1, 0.15) is 0 Å². The molecule has 0 spiro atoms. The molecule has 2 amide bonds. The van der Waals surface area contributed by atoms with E-state index in [1.807, 2.05) is 4.90 Å². The molecule has 30 heavy (non-hydrogen) atoms. The molecular formula is C23H34N2O5. The number of hydrogen-bond acceptors (Lipinski definition) is 5. The summed E-state index contributed by atoms with van der Waals surface area (Å²) in [6.07, 6.45) is 8.16. The van der Waals surface area contributed by atoms with Crippen molar-refractivity contribution >= 4 is 11.8 Å². The first-order chi connectivity index (χ1) is 14.5. The van der Waals surface area contributed by atoms with Gasteiger partial charge < -0.3 is 24.4 Å².